The van der Waals surface area contributed by atoms with Crippen molar-refractivity contribution in [3.8, 4) is 0 Å². The molecule has 2 amide bonds. The molecule has 1 aromatic heterocycles. The number of aromatic nitrogens is 1. The van der Waals surface area contributed by atoms with Crippen LogP contribution >= 0.6 is 0 Å². The zero-order chi connectivity index (χ0) is 25.6. The Balaban J connectivity index is 1.33. The molecule has 4 aromatic rings. The number of carbonyl (C=O) groups excluding carboxylic acids is 4. The summed E-state index contributed by atoms with van der Waals surface area (Å²) in [6.45, 7) is 5.18. The number of rotatable bonds is 5. The summed E-state index contributed by atoms with van der Waals surface area (Å²) < 4.78 is 5.19. The molecule has 0 bridgehead atoms. The third-order valence-electron chi connectivity index (χ3n) is 6.43. The van der Waals surface area contributed by atoms with Crippen LogP contribution in [-0.4, -0.2) is 35.2 Å². The highest BCUT2D eigenvalue weighted by molar-refractivity contribution is 6.37. The second-order valence-corrected chi connectivity index (χ2v) is 8.76. The largest absolute Gasteiger partial charge is 0.454 e. The Morgan fingerprint density at radius 2 is 1.47 bits per heavy atom. The monoisotopic (exact) mass is 478 g/mol. The van der Waals surface area contributed by atoms with Crippen molar-refractivity contribution in [2.45, 2.75) is 20.8 Å². The van der Waals surface area contributed by atoms with Gasteiger partial charge in [0.05, 0.1) is 33.6 Å². The van der Waals surface area contributed by atoms with Crippen LogP contribution in [0.4, 0.5) is 5.69 Å². The number of para-hydroxylation sites is 1. The lowest BCUT2D eigenvalue weighted by molar-refractivity contribution is 0.0474. The number of hydrogen-bond donors (Lipinski definition) is 0. The fourth-order valence-electron chi connectivity index (χ4n) is 4.33. The summed E-state index contributed by atoms with van der Waals surface area (Å²) in [4.78, 5) is 57.0. The minimum atomic E-state index is -0.674. The first-order chi connectivity index (χ1) is 17.3. The molecule has 5 rings (SSSR count). The van der Waals surface area contributed by atoms with E-state index >= 15 is 0 Å². The average molecular weight is 479 g/mol. The van der Waals surface area contributed by atoms with Crippen LogP contribution < -0.4 is 4.90 Å². The van der Waals surface area contributed by atoms with Crippen molar-refractivity contribution in [2.75, 3.05) is 11.5 Å². The summed E-state index contributed by atoms with van der Waals surface area (Å²) >= 11 is 0. The number of carbonyl (C=O) groups is 4. The van der Waals surface area contributed by atoms with Gasteiger partial charge in [0, 0.05) is 10.9 Å². The van der Waals surface area contributed by atoms with E-state index in [1.54, 1.807) is 37.3 Å². The Kier molecular flexibility index (Phi) is 5.68. The van der Waals surface area contributed by atoms with Crippen LogP contribution in [0.5, 0.6) is 0 Å². The van der Waals surface area contributed by atoms with E-state index in [2.05, 4.69) is 4.98 Å². The van der Waals surface area contributed by atoms with Gasteiger partial charge in [-0.25, -0.2) is 9.69 Å². The molecular weight excluding hydrogens is 456 g/mol. The number of esters is 1. The lowest BCUT2D eigenvalue weighted by atomic mass is 10.0. The standard InChI is InChI=1S/C29H22N2O5/c1-16-8-9-20(14-17(16)2)24(32)15-36-29(35)19-10-12-21(13-11-19)31-27(33)25-18(3)30-23-7-5-4-6-22(23)26(25)28(31)34/h4-14H,15H2,1-3H3. The highest BCUT2D eigenvalue weighted by atomic mass is 16.5. The normalized spacial score (nSPS) is 12.7. The topological polar surface area (TPSA) is 93.6 Å². The highest BCUT2D eigenvalue weighted by Crippen LogP contribution is 2.34. The maximum Gasteiger partial charge on any atom is 0.338 e. The molecule has 36 heavy (non-hydrogen) atoms. The molecule has 0 fully saturated rings. The van der Waals surface area contributed by atoms with Crippen LogP contribution in [-0.2, 0) is 4.74 Å². The highest BCUT2D eigenvalue weighted by Gasteiger charge is 2.40. The van der Waals surface area contributed by atoms with Crippen molar-refractivity contribution in [3.63, 3.8) is 0 Å². The summed E-state index contributed by atoms with van der Waals surface area (Å²) in [6.07, 6.45) is 0. The first-order valence-corrected chi connectivity index (χ1v) is 11.4. The van der Waals surface area contributed by atoms with Gasteiger partial charge >= 0.3 is 5.97 Å². The molecule has 7 heteroatoms. The van der Waals surface area contributed by atoms with Gasteiger partial charge in [-0.05, 0) is 68.3 Å². The molecule has 1 aliphatic heterocycles. The van der Waals surface area contributed by atoms with Crippen LogP contribution in [0.3, 0.4) is 0 Å². The van der Waals surface area contributed by atoms with E-state index in [9.17, 15) is 19.2 Å². The van der Waals surface area contributed by atoms with Gasteiger partial charge < -0.3 is 4.74 Å². The van der Waals surface area contributed by atoms with Crippen LogP contribution in [0, 0.1) is 20.8 Å². The van der Waals surface area contributed by atoms with Crippen molar-refractivity contribution in [3.05, 3.63) is 106 Å². The van der Waals surface area contributed by atoms with Crippen molar-refractivity contribution in [2.24, 2.45) is 0 Å². The number of anilines is 1. The van der Waals surface area contributed by atoms with E-state index in [0.717, 1.165) is 16.0 Å². The number of fused-ring (bicyclic) bond motifs is 3. The molecule has 3 aromatic carbocycles. The number of nitrogens with zero attached hydrogens (tertiary/aromatic N) is 2. The van der Waals surface area contributed by atoms with Crippen LogP contribution in [0.1, 0.15) is 58.3 Å². The number of Topliss-reactive ketones (excluding diaryl/α,β-unsaturated/α-hetero) is 1. The second kappa shape index (κ2) is 8.85. The van der Waals surface area contributed by atoms with Gasteiger partial charge in [0.25, 0.3) is 11.8 Å². The predicted molar refractivity (Wildman–Crippen MR) is 135 cm³/mol. The number of amides is 2. The van der Waals surface area contributed by atoms with Crippen LogP contribution in [0.15, 0.2) is 66.7 Å². The fraction of sp³-hybridized carbons (Fsp3) is 0.138. The SMILES string of the molecule is Cc1ccc(C(=O)COC(=O)c2ccc(N3C(=O)c4c(C)nc5ccccc5c4C3=O)cc2)cc1C. The van der Waals surface area contributed by atoms with E-state index in [0.29, 0.717) is 33.4 Å². The van der Waals surface area contributed by atoms with Crippen molar-refractivity contribution >= 4 is 40.2 Å². The Hall–Kier alpha value is -4.65. The van der Waals surface area contributed by atoms with Crippen molar-refractivity contribution < 1.29 is 23.9 Å². The maximum atomic E-state index is 13.3. The molecule has 178 valence electrons. The molecule has 0 N–H and O–H groups in total. The summed E-state index contributed by atoms with van der Waals surface area (Å²) in [5.41, 5.74) is 4.80. The molecule has 0 saturated carbocycles. The molecule has 0 saturated heterocycles. The third kappa shape index (κ3) is 3.84. The van der Waals surface area contributed by atoms with Crippen LogP contribution in [0.2, 0.25) is 0 Å². The van der Waals surface area contributed by atoms with E-state index in [-0.39, 0.29) is 23.5 Å². The predicted octanol–water partition coefficient (Wildman–Crippen LogP) is 5.00. The summed E-state index contributed by atoms with van der Waals surface area (Å²) in [7, 11) is 0. The summed E-state index contributed by atoms with van der Waals surface area (Å²) in [5, 5.41) is 0.618. The van der Waals surface area contributed by atoms with Gasteiger partial charge in [0.2, 0.25) is 0 Å². The molecule has 7 nitrogen and oxygen atoms in total. The molecule has 0 spiro atoms. The number of hydrogen-bond acceptors (Lipinski definition) is 6. The minimum Gasteiger partial charge on any atom is -0.454 e. The summed E-state index contributed by atoms with van der Waals surface area (Å²) in [6, 6.07) is 18.5. The van der Waals surface area contributed by atoms with Gasteiger partial charge in [0.1, 0.15) is 0 Å². The quantitative estimate of drug-likeness (QED) is 0.228. The number of imide groups is 1. The number of benzene rings is 3. The number of ketones is 1. The Morgan fingerprint density at radius 1 is 0.806 bits per heavy atom. The number of ether oxygens (including phenoxy) is 1. The average Bonchev–Trinajstić information content (AvgIpc) is 3.15. The van der Waals surface area contributed by atoms with E-state index in [1.165, 1.54) is 24.3 Å². The molecule has 2 heterocycles. The van der Waals surface area contributed by atoms with E-state index in [4.69, 9.17) is 4.74 Å². The van der Waals surface area contributed by atoms with E-state index in [1.807, 2.05) is 26.0 Å². The number of aryl methyl sites for hydroxylation is 3. The first-order valence-electron chi connectivity index (χ1n) is 11.4. The Labute approximate surface area is 207 Å². The third-order valence-corrected chi connectivity index (χ3v) is 6.43. The van der Waals surface area contributed by atoms with Gasteiger partial charge in [-0.2, -0.15) is 0 Å². The van der Waals surface area contributed by atoms with Gasteiger partial charge in [-0.3, -0.25) is 19.4 Å². The molecule has 1 aliphatic rings. The summed E-state index contributed by atoms with van der Waals surface area (Å²) in [5.74, 6) is -1.87. The molecule has 0 unspecified atom stereocenters. The van der Waals surface area contributed by atoms with Crippen molar-refractivity contribution in [1.82, 2.24) is 4.98 Å². The van der Waals surface area contributed by atoms with Crippen molar-refractivity contribution in [1.29, 1.82) is 0 Å². The molecule has 0 atom stereocenters. The second-order valence-electron chi connectivity index (χ2n) is 8.76. The molecule has 0 aliphatic carbocycles. The maximum absolute atomic E-state index is 13.3. The zero-order valence-corrected chi connectivity index (χ0v) is 20.0. The lowest BCUT2D eigenvalue weighted by Gasteiger charge is -2.14. The minimum absolute atomic E-state index is 0.201. The lowest BCUT2D eigenvalue weighted by Crippen LogP contribution is -2.29. The number of pyridine rings is 1. The van der Waals surface area contributed by atoms with Gasteiger partial charge in [-0.15, -0.1) is 0 Å². The zero-order valence-electron chi connectivity index (χ0n) is 20.0. The fourth-order valence-corrected chi connectivity index (χ4v) is 4.33. The first kappa shape index (κ1) is 23.1. The van der Waals surface area contributed by atoms with Gasteiger partial charge in [0.15, 0.2) is 12.4 Å². The molecular formula is C29H22N2O5. The Morgan fingerprint density at radius 3 is 2.19 bits per heavy atom. The van der Waals surface area contributed by atoms with Gasteiger partial charge in [-0.1, -0.05) is 30.3 Å². The van der Waals surface area contributed by atoms with E-state index < -0.39 is 17.8 Å². The van der Waals surface area contributed by atoms with Crippen LogP contribution in [0.25, 0.3) is 10.9 Å². The Bertz CT molecular complexity index is 1590. The molecule has 0 radical (unpaired) electrons. The smallest absolute Gasteiger partial charge is 0.338 e.